The number of nitrogens with one attached hydrogen (secondary N) is 1. The van der Waals surface area contributed by atoms with E-state index in [-0.39, 0.29) is 13.0 Å². The Balaban J connectivity index is 0. The van der Waals surface area contributed by atoms with Gasteiger partial charge < -0.3 is 25.5 Å². The normalized spacial score (nSPS) is 12.6. The molecule has 0 aliphatic heterocycles. The summed E-state index contributed by atoms with van der Waals surface area (Å²) in [6.45, 7) is 1.62. The van der Waals surface area contributed by atoms with Crippen LogP contribution in [0.3, 0.4) is 0 Å². The van der Waals surface area contributed by atoms with E-state index in [9.17, 15) is 4.79 Å². The number of carboxylic acids is 1. The zero-order valence-electron chi connectivity index (χ0n) is 9.55. The maximum absolute atomic E-state index is 9.65. The van der Waals surface area contributed by atoms with E-state index in [1.165, 1.54) is 7.05 Å². The molecule has 0 saturated carbocycles. The summed E-state index contributed by atoms with van der Waals surface area (Å²) >= 11 is 0. The Morgan fingerprint density at radius 1 is 1.44 bits per heavy atom. The van der Waals surface area contributed by atoms with E-state index in [1.807, 2.05) is 0 Å². The second-order valence-corrected chi connectivity index (χ2v) is 3.12. The Labute approximate surface area is 94.3 Å². The first-order valence-corrected chi connectivity index (χ1v) is 4.96. The molecule has 16 heavy (non-hydrogen) atoms. The summed E-state index contributed by atoms with van der Waals surface area (Å²) in [5.41, 5.74) is 0. The number of aliphatic hydroxyl groups is 4. The third kappa shape index (κ3) is 9.81. The molecule has 0 aromatic heterocycles. The average molecular weight is 239 g/mol. The molecule has 1 atom stereocenters. The molecule has 0 aliphatic carbocycles. The number of hydrogen-bond acceptors (Lipinski definition) is 6. The highest BCUT2D eigenvalue weighted by atomic mass is 16.5. The van der Waals surface area contributed by atoms with Gasteiger partial charge in [-0.2, -0.15) is 0 Å². The minimum Gasteiger partial charge on any atom is -0.481 e. The maximum Gasteiger partial charge on any atom is 0.303 e. The molecule has 0 saturated heterocycles. The van der Waals surface area contributed by atoms with Crippen LogP contribution in [0.1, 0.15) is 26.2 Å². The van der Waals surface area contributed by atoms with Gasteiger partial charge in [0.2, 0.25) is 5.91 Å². The zero-order chi connectivity index (χ0) is 13.2. The molecule has 98 valence electrons. The monoisotopic (exact) mass is 239 g/mol. The second-order valence-electron chi connectivity index (χ2n) is 3.12. The van der Waals surface area contributed by atoms with Crippen LogP contribution in [0.2, 0.25) is 0 Å². The van der Waals surface area contributed by atoms with Crippen molar-refractivity contribution >= 4 is 5.97 Å². The van der Waals surface area contributed by atoms with Crippen molar-refractivity contribution < 1.29 is 30.3 Å². The van der Waals surface area contributed by atoms with Gasteiger partial charge in [0.1, 0.15) is 6.10 Å². The third-order valence-corrected chi connectivity index (χ3v) is 1.77. The molecule has 0 aromatic rings. The maximum atomic E-state index is 9.65. The van der Waals surface area contributed by atoms with Gasteiger partial charge in [0.25, 0.3) is 0 Å². The van der Waals surface area contributed by atoms with Gasteiger partial charge in [-0.05, 0) is 19.9 Å². The fraction of sp³-hybridized carbons (Fsp3) is 0.889. The molecule has 1 unspecified atom stereocenters. The molecular formula is C9H21NO6. The third-order valence-electron chi connectivity index (χ3n) is 1.77. The lowest BCUT2D eigenvalue weighted by Gasteiger charge is -2.25. The summed E-state index contributed by atoms with van der Waals surface area (Å²) in [5.74, 6) is -3.00. The van der Waals surface area contributed by atoms with Crippen molar-refractivity contribution in [2.24, 2.45) is 0 Å². The second kappa shape index (κ2) is 9.49. The van der Waals surface area contributed by atoms with Gasteiger partial charge in [-0.1, -0.05) is 6.92 Å². The molecule has 7 nitrogen and oxygen atoms in total. The summed E-state index contributed by atoms with van der Waals surface area (Å²) in [4.78, 5) is 9.65. The highest BCUT2D eigenvalue weighted by Gasteiger charge is 2.29. The first kappa shape index (κ1) is 17.7. The number of likely N-dealkylation sites (N-methyl/N-ethyl adjacent to an activating group) is 1. The molecule has 0 aliphatic rings. The van der Waals surface area contributed by atoms with E-state index >= 15 is 0 Å². The van der Waals surface area contributed by atoms with Crippen LogP contribution in [0, 0.1) is 0 Å². The minimum atomic E-state index is -2.14. The molecular weight excluding hydrogens is 218 g/mol. The Hall–Kier alpha value is -0.730. The lowest BCUT2D eigenvalue weighted by molar-refractivity contribution is -0.242. The van der Waals surface area contributed by atoms with Gasteiger partial charge >= 0.3 is 5.97 Å². The molecule has 0 heterocycles. The van der Waals surface area contributed by atoms with E-state index in [1.54, 1.807) is 6.92 Å². The van der Waals surface area contributed by atoms with Crippen LogP contribution in [-0.2, 0) is 4.79 Å². The first-order valence-electron chi connectivity index (χ1n) is 4.96. The van der Waals surface area contributed by atoms with Crippen molar-refractivity contribution in [2.75, 3.05) is 13.7 Å². The molecule has 0 aromatic carbocycles. The summed E-state index contributed by atoms with van der Waals surface area (Å²) in [6, 6.07) is 0. The summed E-state index contributed by atoms with van der Waals surface area (Å²) in [7, 11) is 1.36. The summed E-state index contributed by atoms with van der Waals surface area (Å²) in [6.07, 6.45) is -0.415. The number of aliphatic hydroxyl groups excluding tert-OH is 2. The lowest BCUT2D eigenvalue weighted by Crippen LogP contribution is -2.52. The molecule has 0 fully saturated rings. The van der Waals surface area contributed by atoms with Crippen LogP contribution >= 0.6 is 0 Å². The smallest absolute Gasteiger partial charge is 0.303 e. The van der Waals surface area contributed by atoms with Gasteiger partial charge in [0.15, 0.2) is 0 Å². The van der Waals surface area contributed by atoms with Gasteiger partial charge in [0, 0.05) is 13.0 Å². The fourth-order valence-corrected chi connectivity index (χ4v) is 0.682. The number of carbonyl (C=O) groups is 1. The van der Waals surface area contributed by atoms with Crippen LogP contribution in [0.5, 0.6) is 0 Å². The van der Waals surface area contributed by atoms with E-state index in [0.717, 1.165) is 0 Å². The standard InChI is InChI=1S/C5H13NO3.C4H8O3/c1-3-4(7)5(8,9)6-2;5-3-1-2-4(6)7/h4,6-9H,3H2,1-2H3;5H,1-3H2,(H,6,7). The summed E-state index contributed by atoms with van der Waals surface area (Å²) in [5, 5.41) is 44.5. The van der Waals surface area contributed by atoms with E-state index in [0.29, 0.717) is 12.8 Å². The van der Waals surface area contributed by atoms with Crippen molar-refractivity contribution in [3.05, 3.63) is 0 Å². The number of aliphatic carboxylic acids is 1. The Kier molecular flexibility index (Phi) is 10.5. The van der Waals surface area contributed by atoms with Gasteiger partial charge in [0.05, 0.1) is 0 Å². The quantitative estimate of drug-likeness (QED) is 0.310. The van der Waals surface area contributed by atoms with Crippen LogP contribution in [0.15, 0.2) is 0 Å². The molecule has 6 N–H and O–H groups in total. The van der Waals surface area contributed by atoms with Crippen molar-refractivity contribution in [3.8, 4) is 0 Å². The van der Waals surface area contributed by atoms with Crippen molar-refractivity contribution in [1.29, 1.82) is 0 Å². The Morgan fingerprint density at radius 3 is 2.06 bits per heavy atom. The fourth-order valence-electron chi connectivity index (χ4n) is 0.682. The highest BCUT2D eigenvalue weighted by molar-refractivity contribution is 5.66. The number of rotatable bonds is 6. The lowest BCUT2D eigenvalue weighted by atomic mass is 10.2. The molecule has 0 spiro atoms. The molecule has 0 bridgehead atoms. The number of hydrogen-bond donors (Lipinski definition) is 6. The molecule has 0 amide bonds. The van der Waals surface area contributed by atoms with E-state index in [2.05, 4.69) is 5.32 Å². The van der Waals surface area contributed by atoms with Crippen molar-refractivity contribution in [3.63, 3.8) is 0 Å². The van der Waals surface area contributed by atoms with Crippen molar-refractivity contribution in [1.82, 2.24) is 5.32 Å². The van der Waals surface area contributed by atoms with E-state index < -0.39 is 18.0 Å². The van der Waals surface area contributed by atoms with Crippen molar-refractivity contribution in [2.45, 2.75) is 38.2 Å². The average Bonchev–Trinajstić information content (AvgIpc) is 2.25. The molecule has 0 radical (unpaired) electrons. The number of carboxylic acid groups (broad SMARTS) is 1. The first-order chi connectivity index (χ1) is 7.31. The SMILES string of the molecule is CCC(O)C(O)(O)NC.O=C(O)CCCO. The molecule has 7 heteroatoms. The summed E-state index contributed by atoms with van der Waals surface area (Å²) < 4.78 is 0. The predicted molar refractivity (Wildman–Crippen MR) is 56.5 cm³/mol. The largest absolute Gasteiger partial charge is 0.481 e. The molecule has 0 rings (SSSR count). The van der Waals surface area contributed by atoms with Crippen LogP contribution in [-0.4, -0.2) is 57.2 Å². The highest BCUT2D eigenvalue weighted by Crippen LogP contribution is 2.03. The van der Waals surface area contributed by atoms with Gasteiger partial charge in [-0.15, -0.1) is 0 Å². The minimum absolute atomic E-state index is 0.0354. The Morgan fingerprint density at radius 2 is 1.94 bits per heavy atom. The Bertz CT molecular complexity index is 185. The van der Waals surface area contributed by atoms with Gasteiger partial charge in [-0.25, -0.2) is 0 Å². The predicted octanol–water partition coefficient (Wildman–Crippen LogP) is -1.54. The van der Waals surface area contributed by atoms with Crippen LogP contribution in [0.25, 0.3) is 0 Å². The van der Waals surface area contributed by atoms with E-state index in [4.69, 9.17) is 25.5 Å². The van der Waals surface area contributed by atoms with Gasteiger partial charge in [-0.3, -0.25) is 10.1 Å². The van der Waals surface area contributed by atoms with Crippen LogP contribution < -0.4 is 5.32 Å². The zero-order valence-corrected chi connectivity index (χ0v) is 9.55. The topological polar surface area (TPSA) is 130 Å². The van der Waals surface area contributed by atoms with Crippen LogP contribution in [0.4, 0.5) is 0 Å².